The molecule has 1 heterocycles. The molecule has 0 aromatic carbocycles. The van der Waals surface area contributed by atoms with Crippen molar-refractivity contribution in [3.63, 3.8) is 0 Å². The van der Waals surface area contributed by atoms with Crippen molar-refractivity contribution < 1.29 is 24.9 Å². The fraction of sp³-hybridized carbons (Fsp3) is 0.400. The number of aliphatic hydroxyl groups is 3. The average Bonchev–Trinajstić information content (AvgIpc) is 2.36. The van der Waals surface area contributed by atoms with Gasteiger partial charge in [-0.2, -0.15) is 0 Å². The summed E-state index contributed by atoms with van der Waals surface area (Å²) in [6.07, 6.45) is -0.372. The lowest BCUT2D eigenvalue weighted by atomic mass is 10.1. The summed E-state index contributed by atoms with van der Waals surface area (Å²) in [5.74, 6) is -0.929. The molecule has 0 aliphatic carbocycles. The van der Waals surface area contributed by atoms with Gasteiger partial charge in [-0.25, -0.2) is 4.79 Å². The second-order valence-corrected chi connectivity index (χ2v) is 3.20. The number of pyridine rings is 1. The van der Waals surface area contributed by atoms with Crippen LogP contribution >= 0.6 is 0 Å². The molecule has 3 N–H and O–H groups in total. The van der Waals surface area contributed by atoms with Crippen molar-refractivity contribution in [1.29, 1.82) is 0 Å². The standard InChI is InChI=1S/C10H13NO5/c1-16-10(15)9(14)8(13)7-2-6(5-12)3-11-4-7/h2-4,8-9,12-14H,5H2,1H3. The van der Waals surface area contributed by atoms with Gasteiger partial charge in [-0.15, -0.1) is 0 Å². The van der Waals surface area contributed by atoms with E-state index in [1.807, 2.05) is 0 Å². The van der Waals surface area contributed by atoms with Crippen LogP contribution < -0.4 is 0 Å². The Morgan fingerprint density at radius 3 is 2.75 bits per heavy atom. The molecule has 0 saturated heterocycles. The lowest BCUT2D eigenvalue weighted by molar-refractivity contribution is -0.156. The van der Waals surface area contributed by atoms with Crippen LogP contribution in [0.5, 0.6) is 0 Å². The molecular formula is C10H13NO5. The Bertz CT molecular complexity index is 368. The molecule has 88 valence electrons. The fourth-order valence-electron chi connectivity index (χ4n) is 1.19. The van der Waals surface area contributed by atoms with Gasteiger partial charge < -0.3 is 20.1 Å². The van der Waals surface area contributed by atoms with Gasteiger partial charge in [-0.3, -0.25) is 4.98 Å². The normalized spacial score (nSPS) is 14.2. The lowest BCUT2D eigenvalue weighted by Crippen LogP contribution is -2.29. The SMILES string of the molecule is COC(=O)C(O)C(O)c1cncc(CO)c1. The van der Waals surface area contributed by atoms with E-state index >= 15 is 0 Å². The van der Waals surface area contributed by atoms with Crippen molar-refractivity contribution in [2.24, 2.45) is 0 Å². The number of nitrogens with zero attached hydrogens (tertiary/aromatic N) is 1. The number of methoxy groups -OCH3 is 1. The van der Waals surface area contributed by atoms with Crippen molar-refractivity contribution in [2.75, 3.05) is 7.11 Å². The number of ether oxygens (including phenoxy) is 1. The largest absolute Gasteiger partial charge is 0.467 e. The van der Waals surface area contributed by atoms with Gasteiger partial charge >= 0.3 is 5.97 Å². The van der Waals surface area contributed by atoms with Gasteiger partial charge in [-0.1, -0.05) is 0 Å². The summed E-state index contributed by atoms with van der Waals surface area (Å²) in [4.78, 5) is 14.7. The Morgan fingerprint density at radius 2 is 2.19 bits per heavy atom. The van der Waals surface area contributed by atoms with Crippen LogP contribution in [0, 0.1) is 0 Å². The number of hydrogen-bond donors (Lipinski definition) is 3. The minimum absolute atomic E-state index is 0.234. The molecule has 0 saturated carbocycles. The van der Waals surface area contributed by atoms with Gasteiger partial charge in [0.05, 0.1) is 13.7 Å². The van der Waals surface area contributed by atoms with Crippen LogP contribution in [0.25, 0.3) is 0 Å². The highest BCUT2D eigenvalue weighted by molar-refractivity contribution is 5.75. The Kier molecular flexibility index (Phi) is 4.36. The summed E-state index contributed by atoms with van der Waals surface area (Å²) in [7, 11) is 1.11. The third-order valence-electron chi connectivity index (χ3n) is 2.08. The molecule has 0 spiro atoms. The first-order valence-corrected chi connectivity index (χ1v) is 4.58. The highest BCUT2D eigenvalue weighted by atomic mass is 16.5. The van der Waals surface area contributed by atoms with Crippen molar-refractivity contribution in [3.05, 3.63) is 29.6 Å². The van der Waals surface area contributed by atoms with E-state index in [9.17, 15) is 15.0 Å². The van der Waals surface area contributed by atoms with Crippen LogP contribution in [0.1, 0.15) is 17.2 Å². The van der Waals surface area contributed by atoms with E-state index in [4.69, 9.17) is 5.11 Å². The van der Waals surface area contributed by atoms with Gasteiger partial charge in [0.25, 0.3) is 0 Å². The first-order valence-electron chi connectivity index (χ1n) is 4.58. The molecule has 0 fully saturated rings. The van der Waals surface area contributed by atoms with Crippen LogP contribution in [0.15, 0.2) is 18.5 Å². The second kappa shape index (κ2) is 5.55. The molecule has 1 rings (SSSR count). The summed E-state index contributed by atoms with van der Waals surface area (Å²) in [5, 5.41) is 27.9. The van der Waals surface area contributed by atoms with Gasteiger partial charge in [0.15, 0.2) is 6.10 Å². The Hall–Kier alpha value is -1.50. The van der Waals surface area contributed by atoms with Gasteiger partial charge in [0.2, 0.25) is 0 Å². The summed E-state index contributed by atoms with van der Waals surface area (Å²) in [5.41, 5.74) is 0.720. The molecular weight excluding hydrogens is 214 g/mol. The van der Waals surface area contributed by atoms with Crippen LogP contribution in [-0.4, -0.2) is 39.5 Å². The Morgan fingerprint density at radius 1 is 1.50 bits per heavy atom. The monoisotopic (exact) mass is 227 g/mol. The predicted octanol–water partition coefficient (Wildman–Crippen LogP) is -0.859. The van der Waals surface area contributed by atoms with Crippen molar-refractivity contribution in [1.82, 2.24) is 4.98 Å². The maximum absolute atomic E-state index is 11.0. The highest BCUT2D eigenvalue weighted by Crippen LogP contribution is 2.17. The topological polar surface area (TPSA) is 99.9 Å². The molecule has 2 unspecified atom stereocenters. The number of esters is 1. The zero-order valence-corrected chi connectivity index (χ0v) is 8.70. The van der Waals surface area contributed by atoms with E-state index in [0.717, 1.165) is 7.11 Å². The minimum Gasteiger partial charge on any atom is -0.467 e. The minimum atomic E-state index is -1.67. The number of aromatic nitrogens is 1. The molecule has 1 aromatic rings. The average molecular weight is 227 g/mol. The fourth-order valence-corrected chi connectivity index (χ4v) is 1.19. The molecule has 1 aromatic heterocycles. The van der Waals surface area contributed by atoms with E-state index in [0.29, 0.717) is 5.56 Å². The Labute approximate surface area is 92.1 Å². The molecule has 2 atom stereocenters. The molecule has 0 aliphatic rings. The van der Waals surface area contributed by atoms with E-state index in [2.05, 4.69) is 9.72 Å². The number of aliphatic hydroxyl groups excluding tert-OH is 3. The van der Waals surface area contributed by atoms with Crippen molar-refractivity contribution in [2.45, 2.75) is 18.8 Å². The molecule has 0 bridgehead atoms. The van der Waals surface area contributed by atoms with Gasteiger partial charge in [0.1, 0.15) is 6.10 Å². The third kappa shape index (κ3) is 2.75. The third-order valence-corrected chi connectivity index (χ3v) is 2.08. The number of carbonyl (C=O) groups is 1. The van der Waals surface area contributed by atoms with E-state index in [1.165, 1.54) is 18.5 Å². The van der Waals surface area contributed by atoms with E-state index in [-0.39, 0.29) is 12.2 Å². The van der Waals surface area contributed by atoms with Gasteiger partial charge in [-0.05, 0) is 11.6 Å². The summed E-state index contributed by atoms with van der Waals surface area (Å²) in [6.45, 7) is -0.234. The Balaban J connectivity index is 2.86. The van der Waals surface area contributed by atoms with Crippen LogP contribution in [-0.2, 0) is 16.1 Å². The quantitative estimate of drug-likeness (QED) is 0.579. The first-order chi connectivity index (χ1) is 7.60. The second-order valence-electron chi connectivity index (χ2n) is 3.20. The van der Waals surface area contributed by atoms with Crippen LogP contribution in [0.3, 0.4) is 0 Å². The number of rotatable bonds is 4. The summed E-state index contributed by atoms with van der Waals surface area (Å²) < 4.78 is 4.29. The number of hydrogen-bond acceptors (Lipinski definition) is 6. The zero-order valence-electron chi connectivity index (χ0n) is 8.70. The molecule has 0 radical (unpaired) electrons. The molecule has 0 amide bonds. The van der Waals surface area contributed by atoms with Crippen LogP contribution in [0.4, 0.5) is 0 Å². The number of carbonyl (C=O) groups excluding carboxylic acids is 1. The molecule has 6 heteroatoms. The summed E-state index contributed by atoms with van der Waals surface area (Å²) >= 11 is 0. The lowest BCUT2D eigenvalue weighted by Gasteiger charge is -2.15. The van der Waals surface area contributed by atoms with Crippen molar-refractivity contribution in [3.8, 4) is 0 Å². The summed E-state index contributed by atoms with van der Waals surface area (Å²) in [6, 6.07) is 1.45. The van der Waals surface area contributed by atoms with E-state index < -0.39 is 18.2 Å². The smallest absolute Gasteiger partial charge is 0.337 e. The van der Waals surface area contributed by atoms with Gasteiger partial charge in [0, 0.05) is 18.0 Å². The molecule has 6 nitrogen and oxygen atoms in total. The first kappa shape index (κ1) is 12.6. The zero-order chi connectivity index (χ0) is 12.1. The molecule has 0 aliphatic heterocycles. The van der Waals surface area contributed by atoms with Crippen molar-refractivity contribution >= 4 is 5.97 Å². The van der Waals surface area contributed by atoms with Crippen LogP contribution in [0.2, 0.25) is 0 Å². The predicted molar refractivity (Wildman–Crippen MR) is 53.1 cm³/mol. The molecule has 16 heavy (non-hydrogen) atoms. The maximum Gasteiger partial charge on any atom is 0.337 e. The van der Waals surface area contributed by atoms with E-state index in [1.54, 1.807) is 0 Å². The maximum atomic E-state index is 11.0. The highest BCUT2D eigenvalue weighted by Gasteiger charge is 2.26.